The molecular formula is C10H14O5. The van der Waals surface area contributed by atoms with E-state index in [0.29, 0.717) is 0 Å². The summed E-state index contributed by atoms with van der Waals surface area (Å²) in [6.45, 7) is 3.66. The highest BCUT2D eigenvalue weighted by Gasteiger charge is 2.54. The second kappa shape index (κ2) is 3.30. The zero-order chi connectivity index (χ0) is 11.1. The average Bonchev–Trinajstić information content (AvgIpc) is 2.19. The van der Waals surface area contributed by atoms with Gasteiger partial charge in [0.15, 0.2) is 17.7 Å². The molecule has 2 aliphatic heterocycles. The number of carbonyl (C=O) groups is 1. The Labute approximate surface area is 87.9 Å². The van der Waals surface area contributed by atoms with Crippen LogP contribution in [0.5, 0.6) is 0 Å². The van der Waals surface area contributed by atoms with Gasteiger partial charge in [0, 0.05) is 13.2 Å². The molecule has 0 aliphatic carbocycles. The Balaban J connectivity index is 2.30. The average molecular weight is 214 g/mol. The van der Waals surface area contributed by atoms with Crippen LogP contribution in [0, 0.1) is 0 Å². The van der Waals surface area contributed by atoms with Crippen LogP contribution in [0.4, 0.5) is 0 Å². The van der Waals surface area contributed by atoms with E-state index in [1.807, 2.05) is 0 Å². The molecule has 1 saturated heterocycles. The smallest absolute Gasteiger partial charge is 0.267 e. The number of hydrogen-bond acceptors (Lipinski definition) is 5. The molecule has 0 N–H and O–H groups in total. The van der Waals surface area contributed by atoms with Crippen molar-refractivity contribution in [1.82, 2.24) is 0 Å². The van der Waals surface area contributed by atoms with Gasteiger partial charge in [-0.3, -0.25) is 4.79 Å². The predicted molar refractivity (Wildman–Crippen MR) is 49.9 cm³/mol. The molecule has 0 unspecified atom stereocenters. The van der Waals surface area contributed by atoms with Crippen molar-refractivity contribution in [2.24, 2.45) is 0 Å². The molecule has 0 radical (unpaired) electrons. The zero-order valence-electron chi connectivity index (χ0n) is 8.98. The first-order valence-electron chi connectivity index (χ1n) is 4.74. The summed E-state index contributed by atoms with van der Waals surface area (Å²) in [5.41, 5.74) is 0. The molecule has 5 nitrogen and oxygen atoms in total. The van der Waals surface area contributed by atoms with Crippen molar-refractivity contribution in [2.45, 2.75) is 31.5 Å². The number of ether oxygens (including phenoxy) is 4. The fourth-order valence-corrected chi connectivity index (χ4v) is 1.65. The third kappa shape index (κ3) is 1.67. The van der Waals surface area contributed by atoms with Gasteiger partial charge in [-0.2, -0.15) is 0 Å². The highest BCUT2D eigenvalue weighted by Crippen LogP contribution is 2.35. The van der Waals surface area contributed by atoms with Crippen molar-refractivity contribution in [3.8, 4) is 0 Å². The van der Waals surface area contributed by atoms with Crippen molar-refractivity contribution in [1.29, 1.82) is 0 Å². The minimum atomic E-state index is -1.14. The fraction of sp³-hybridized carbons (Fsp3) is 0.700. The lowest BCUT2D eigenvalue weighted by Gasteiger charge is -2.47. The van der Waals surface area contributed by atoms with E-state index >= 15 is 0 Å². The summed E-state index contributed by atoms with van der Waals surface area (Å²) >= 11 is 0. The number of carbonyl (C=O) groups excluding carboxylic acids is 1. The Bertz CT molecular complexity index is 309. The van der Waals surface area contributed by atoms with Gasteiger partial charge in [-0.25, -0.2) is 0 Å². The van der Waals surface area contributed by atoms with Crippen molar-refractivity contribution in [3.63, 3.8) is 0 Å². The van der Waals surface area contributed by atoms with Crippen molar-refractivity contribution < 1.29 is 23.7 Å². The first-order valence-corrected chi connectivity index (χ1v) is 4.74. The summed E-state index contributed by atoms with van der Waals surface area (Å²) in [5, 5.41) is 0. The second-order valence-electron chi connectivity index (χ2n) is 4.03. The highest BCUT2D eigenvalue weighted by atomic mass is 16.8. The molecule has 2 aliphatic rings. The summed E-state index contributed by atoms with van der Waals surface area (Å²) in [7, 11) is 1.46. The Kier molecular flexibility index (Phi) is 2.33. The van der Waals surface area contributed by atoms with Gasteiger partial charge < -0.3 is 18.9 Å². The molecule has 0 aromatic carbocycles. The van der Waals surface area contributed by atoms with E-state index in [2.05, 4.69) is 0 Å². The Hall–Kier alpha value is -0.910. The maximum Gasteiger partial charge on any atom is 0.267 e. The van der Waals surface area contributed by atoms with E-state index in [-0.39, 0.29) is 12.4 Å². The Morgan fingerprint density at radius 1 is 1.53 bits per heavy atom. The van der Waals surface area contributed by atoms with Crippen LogP contribution in [0.1, 0.15) is 13.8 Å². The minimum Gasteiger partial charge on any atom is -0.464 e. The van der Waals surface area contributed by atoms with E-state index in [1.165, 1.54) is 19.4 Å². The molecule has 2 rings (SSSR count). The van der Waals surface area contributed by atoms with E-state index in [9.17, 15) is 4.79 Å². The summed E-state index contributed by atoms with van der Waals surface area (Å²) in [6, 6.07) is 0. The topological polar surface area (TPSA) is 54.0 Å². The van der Waals surface area contributed by atoms with Gasteiger partial charge in [0.1, 0.15) is 6.61 Å². The van der Waals surface area contributed by atoms with Crippen LogP contribution >= 0.6 is 0 Å². The normalized spacial score (nSPS) is 38.3. The first kappa shape index (κ1) is 10.6. The van der Waals surface area contributed by atoms with Crippen molar-refractivity contribution >= 4 is 5.78 Å². The van der Waals surface area contributed by atoms with E-state index in [0.717, 1.165) is 0 Å². The highest BCUT2D eigenvalue weighted by molar-refractivity contribution is 5.95. The van der Waals surface area contributed by atoms with Gasteiger partial charge >= 0.3 is 0 Å². The molecule has 0 spiro atoms. The van der Waals surface area contributed by atoms with Gasteiger partial charge in [0.05, 0.1) is 6.26 Å². The standard InChI is InChI=1S/C10H14O5/c1-9(2)14-6-10(12-3)8(15-9)7(11)4-5-13-10/h4-5,8H,6H2,1-3H3/t8-,10-/m1/s1. The molecule has 0 aromatic rings. The number of fused-ring (bicyclic) bond motifs is 1. The molecule has 0 bridgehead atoms. The van der Waals surface area contributed by atoms with E-state index in [4.69, 9.17) is 18.9 Å². The molecular weight excluding hydrogens is 200 g/mol. The molecule has 1 fully saturated rings. The number of rotatable bonds is 1. The van der Waals surface area contributed by atoms with Gasteiger partial charge in [-0.15, -0.1) is 0 Å². The van der Waals surface area contributed by atoms with Crippen LogP contribution in [0.2, 0.25) is 0 Å². The summed E-state index contributed by atoms with van der Waals surface area (Å²) in [6.07, 6.45) is 1.88. The van der Waals surface area contributed by atoms with E-state index in [1.54, 1.807) is 13.8 Å². The number of ketones is 1. The van der Waals surface area contributed by atoms with Crippen LogP contribution in [0.25, 0.3) is 0 Å². The minimum absolute atomic E-state index is 0.164. The first-order chi connectivity index (χ1) is 6.99. The SMILES string of the molecule is CO[C@@]12COC(C)(C)O[C@@H]1C(=O)C=CO2. The van der Waals surface area contributed by atoms with E-state index < -0.39 is 17.7 Å². The Morgan fingerprint density at radius 2 is 2.27 bits per heavy atom. The van der Waals surface area contributed by atoms with Gasteiger partial charge in [0.25, 0.3) is 5.79 Å². The quantitative estimate of drug-likeness (QED) is 0.639. The fourth-order valence-electron chi connectivity index (χ4n) is 1.65. The monoisotopic (exact) mass is 214 g/mol. The predicted octanol–water partition coefficient (Wildman–Crippen LogP) is 0.594. The lowest BCUT2D eigenvalue weighted by Crippen LogP contribution is -2.63. The summed E-state index contributed by atoms with van der Waals surface area (Å²) in [4.78, 5) is 11.7. The molecule has 84 valence electrons. The summed E-state index contributed by atoms with van der Waals surface area (Å²) in [5.74, 6) is -2.10. The second-order valence-corrected chi connectivity index (χ2v) is 4.03. The lowest BCUT2D eigenvalue weighted by molar-refractivity contribution is -0.382. The third-order valence-electron chi connectivity index (χ3n) is 2.53. The molecule has 2 heterocycles. The van der Waals surface area contributed by atoms with Crippen LogP contribution in [0.15, 0.2) is 12.3 Å². The van der Waals surface area contributed by atoms with Crippen molar-refractivity contribution in [3.05, 3.63) is 12.3 Å². The molecule has 0 saturated carbocycles. The van der Waals surface area contributed by atoms with Crippen LogP contribution in [-0.2, 0) is 23.7 Å². The van der Waals surface area contributed by atoms with Crippen LogP contribution in [-0.4, -0.2) is 37.2 Å². The van der Waals surface area contributed by atoms with Crippen LogP contribution in [0.3, 0.4) is 0 Å². The molecule has 15 heavy (non-hydrogen) atoms. The van der Waals surface area contributed by atoms with Gasteiger partial charge in [-0.1, -0.05) is 0 Å². The van der Waals surface area contributed by atoms with Gasteiger partial charge in [0.2, 0.25) is 0 Å². The molecule has 0 amide bonds. The Morgan fingerprint density at radius 3 is 2.93 bits per heavy atom. The maximum absolute atomic E-state index is 11.7. The summed E-state index contributed by atoms with van der Waals surface area (Å²) < 4.78 is 21.4. The van der Waals surface area contributed by atoms with Crippen LogP contribution < -0.4 is 0 Å². The molecule has 2 atom stereocenters. The zero-order valence-corrected chi connectivity index (χ0v) is 8.98. The molecule has 0 aromatic heterocycles. The maximum atomic E-state index is 11.7. The number of hydrogen-bond donors (Lipinski definition) is 0. The lowest BCUT2D eigenvalue weighted by atomic mass is 10.0. The number of methoxy groups -OCH3 is 1. The molecule has 5 heteroatoms. The van der Waals surface area contributed by atoms with Gasteiger partial charge in [-0.05, 0) is 13.8 Å². The third-order valence-corrected chi connectivity index (χ3v) is 2.53. The van der Waals surface area contributed by atoms with Crippen molar-refractivity contribution in [2.75, 3.05) is 13.7 Å². The largest absolute Gasteiger partial charge is 0.464 e.